The van der Waals surface area contributed by atoms with Gasteiger partial charge in [-0.25, -0.2) is 0 Å². The molecule has 1 aromatic heterocycles. The minimum atomic E-state index is 0.182. The zero-order valence-corrected chi connectivity index (χ0v) is 16.2. The smallest absolute Gasteiger partial charge is 0.191 e. The van der Waals surface area contributed by atoms with E-state index in [1.165, 1.54) is 32.1 Å². The fourth-order valence-corrected chi connectivity index (χ4v) is 3.74. The van der Waals surface area contributed by atoms with Crippen LogP contribution < -0.4 is 10.6 Å². The number of nitrogens with zero attached hydrogens (tertiary/aromatic N) is 1. The molecule has 0 bridgehead atoms. The quantitative estimate of drug-likeness (QED) is 0.462. The van der Waals surface area contributed by atoms with Crippen LogP contribution in [0.15, 0.2) is 26.2 Å². The third-order valence-corrected chi connectivity index (χ3v) is 5.19. The van der Waals surface area contributed by atoms with Crippen LogP contribution in [0.25, 0.3) is 0 Å². The molecule has 0 aliphatic heterocycles. The predicted molar refractivity (Wildman–Crippen MR) is 101 cm³/mol. The van der Waals surface area contributed by atoms with E-state index < -0.39 is 0 Å². The first-order valence-corrected chi connectivity index (χ1v) is 9.84. The summed E-state index contributed by atoms with van der Waals surface area (Å²) in [6.07, 6.45) is 7.86. The van der Waals surface area contributed by atoms with Crippen LogP contribution in [-0.4, -0.2) is 37.3 Å². The number of nitrogens with one attached hydrogen (secondary N) is 2. The lowest BCUT2D eigenvalue weighted by atomic mass is 9.72. The molecule has 1 aromatic rings. The van der Waals surface area contributed by atoms with Crippen LogP contribution in [0.2, 0.25) is 0 Å². The SMILES string of the molecule is CCNC(=NCC1(CCO)CCCCC1)NCCc1ccc(Br)o1. The van der Waals surface area contributed by atoms with E-state index in [0.29, 0.717) is 0 Å². The first-order valence-electron chi connectivity index (χ1n) is 9.05. The highest BCUT2D eigenvalue weighted by Gasteiger charge is 2.31. The minimum absolute atomic E-state index is 0.182. The van der Waals surface area contributed by atoms with E-state index in [2.05, 4.69) is 33.5 Å². The molecule has 1 aliphatic rings. The Hall–Kier alpha value is -1.01. The summed E-state index contributed by atoms with van der Waals surface area (Å²) in [6.45, 7) is 4.73. The summed E-state index contributed by atoms with van der Waals surface area (Å²) < 4.78 is 6.28. The molecular weight excluding hydrogens is 370 g/mol. The molecular formula is C18H30BrN3O2. The van der Waals surface area contributed by atoms with Gasteiger partial charge in [-0.1, -0.05) is 19.3 Å². The highest BCUT2D eigenvalue weighted by atomic mass is 79.9. The van der Waals surface area contributed by atoms with Crippen molar-refractivity contribution in [3.8, 4) is 0 Å². The predicted octanol–water partition coefficient (Wildman–Crippen LogP) is 3.47. The molecule has 6 heteroatoms. The molecule has 0 aromatic carbocycles. The number of hydrogen-bond acceptors (Lipinski definition) is 3. The van der Waals surface area contributed by atoms with Gasteiger partial charge in [0.2, 0.25) is 0 Å². The van der Waals surface area contributed by atoms with Crippen molar-refractivity contribution in [2.75, 3.05) is 26.2 Å². The van der Waals surface area contributed by atoms with Crippen LogP contribution >= 0.6 is 15.9 Å². The highest BCUT2D eigenvalue weighted by molar-refractivity contribution is 9.10. The zero-order chi connectivity index (χ0) is 17.3. The molecule has 0 atom stereocenters. The van der Waals surface area contributed by atoms with Crippen molar-refractivity contribution in [2.24, 2.45) is 10.4 Å². The van der Waals surface area contributed by atoms with Gasteiger partial charge in [0.25, 0.3) is 0 Å². The summed E-state index contributed by atoms with van der Waals surface area (Å²) in [5.41, 5.74) is 0.182. The second kappa shape index (κ2) is 10.1. The van der Waals surface area contributed by atoms with Crippen molar-refractivity contribution < 1.29 is 9.52 Å². The van der Waals surface area contributed by atoms with Crippen molar-refractivity contribution in [1.29, 1.82) is 0 Å². The molecule has 2 rings (SSSR count). The van der Waals surface area contributed by atoms with E-state index in [4.69, 9.17) is 9.41 Å². The lowest BCUT2D eigenvalue weighted by molar-refractivity contribution is 0.137. The largest absolute Gasteiger partial charge is 0.454 e. The first-order chi connectivity index (χ1) is 11.7. The van der Waals surface area contributed by atoms with Gasteiger partial charge in [-0.2, -0.15) is 0 Å². The molecule has 0 saturated heterocycles. The summed E-state index contributed by atoms with van der Waals surface area (Å²) in [5, 5.41) is 16.1. The van der Waals surface area contributed by atoms with Crippen LogP contribution in [0.5, 0.6) is 0 Å². The summed E-state index contributed by atoms with van der Waals surface area (Å²) in [7, 11) is 0. The number of rotatable bonds is 8. The normalized spacial score (nSPS) is 17.7. The van der Waals surface area contributed by atoms with Crippen LogP contribution in [0, 0.1) is 5.41 Å². The number of aliphatic imine (C=N–C) groups is 1. The molecule has 0 amide bonds. The van der Waals surface area contributed by atoms with Gasteiger partial charge in [0.05, 0.1) is 0 Å². The van der Waals surface area contributed by atoms with Gasteiger partial charge in [0.15, 0.2) is 10.6 Å². The van der Waals surface area contributed by atoms with Crippen molar-refractivity contribution >= 4 is 21.9 Å². The van der Waals surface area contributed by atoms with E-state index in [1.54, 1.807) is 0 Å². The Kier molecular flexibility index (Phi) is 8.12. The van der Waals surface area contributed by atoms with Crippen molar-refractivity contribution in [2.45, 2.75) is 51.9 Å². The molecule has 3 N–H and O–H groups in total. The minimum Gasteiger partial charge on any atom is -0.454 e. The molecule has 24 heavy (non-hydrogen) atoms. The number of furan rings is 1. The fourth-order valence-electron chi connectivity index (χ4n) is 3.40. The second-order valence-electron chi connectivity index (χ2n) is 6.61. The Bertz CT molecular complexity index is 505. The maximum Gasteiger partial charge on any atom is 0.191 e. The Morgan fingerprint density at radius 2 is 2.08 bits per heavy atom. The van der Waals surface area contributed by atoms with Gasteiger partial charge in [-0.05, 0) is 59.7 Å². The molecule has 136 valence electrons. The summed E-state index contributed by atoms with van der Waals surface area (Å²) in [6, 6.07) is 3.89. The number of hydrogen-bond donors (Lipinski definition) is 3. The lowest BCUT2D eigenvalue weighted by Crippen LogP contribution is -2.40. The van der Waals surface area contributed by atoms with Gasteiger partial charge >= 0.3 is 0 Å². The zero-order valence-electron chi connectivity index (χ0n) is 14.6. The van der Waals surface area contributed by atoms with Gasteiger partial charge < -0.3 is 20.2 Å². The van der Waals surface area contributed by atoms with Gasteiger partial charge in [-0.3, -0.25) is 4.99 Å². The van der Waals surface area contributed by atoms with Crippen LogP contribution in [-0.2, 0) is 6.42 Å². The summed E-state index contributed by atoms with van der Waals surface area (Å²) >= 11 is 3.32. The van der Waals surface area contributed by atoms with E-state index in [-0.39, 0.29) is 12.0 Å². The van der Waals surface area contributed by atoms with Crippen molar-refractivity contribution in [3.63, 3.8) is 0 Å². The molecule has 1 fully saturated rings. The Labute approximate surface area is 153 Å². The molecule has 0 radical (unpaired) electrons. The lowest BCUT2D eigenvalue weighted by Gasteiger charge is -2.35. The van der Waals surface area contributed by atoms with E-state index >= 15 is 0 Å². The third kappa shape index (κ3) is 6.13. The summed E-state index contributed by atoms with van der Waals surface area (Å²) in [4.78, 5) is 4.81. The summed E-state index contributed by atoms with van der Waals surface area (Å²) in [5.74, 6) is 1.81. The monoisotopic (exact) mass is 399 g/mol. The average molecular weight is 400 g/mol. The maximum atomic E-state index is 9.43. The molecule has 0 unspecified atom stereocenters. The fraction of sp³-hybridized carbons (Fsp3) is 0.722. The molecule has 1 heterocycles. The Morgan fingerprint density at radius 3 is 2.71 bits per heavy atom. The van der Waals surface area contributed by atoms with Gasteiger partial charge in [0.1, 0.15) is 5.76 Å². The molecule has 0 spiro atoms. The number of aliphatic hydroxyl groups is 1. The number of halogens is 1. The molecule has 1 aliphatic carbocycles. The Balaban J connectivity index is 1.88. The van der Waals surface area contributed by atoms with Gasteiger partial charge in [0, 0.05) is 32.7 Å². The van der Waals surface area contributed by atoms with E-state index in [0.717, 1.165) is 48.9 Å². The van der Waals surface area contributed by atoms with E-state index in [1.807, 2.05) is 12.1 Å². The second-order valence-corrected chi connectivity index (χ2v) is 7.39. The standard InChI is InChI=1S/C18H30BrN3O2/c1-2-20-17(21-12-8-15-6-7-16(19)24-15)22-14-18(11-13-23)9-4-3-5-10-18/h6-7,23H,2-5,8-14H2,1H3,(H2,20,21,22). The molecule has 5 nitrogen and oxygen atoms in total. The topological polar surface area (TPSA) is 69.8 Å². The number of aliphatic hydroxyl groups excluding tert-OH is 1. The molecule has 1 saturated carbocycles. The number of guanidine groups is 1. The van der Waals surface area contributed by atoms with Crippen molar-refractivity contribution in [3.05, 3.63) is 22.6 Å². The average Bonchev–Trinajstić information content (AvgIpc) is 2.99. The third-order valence-electron chi connectivity index (χ3n) is 4.77. The van der Waals surface area contributed by atoms with Crippen LogP contribution in [0.1, 0.15) is 51.2 Å². The maximum absolute atomic E-state index is 9.43. The van der Waals surface area contributed by atoms with E-state index in [9.17, 15) is 5.11 Å². The van der Waals surface area contributed by atoms with Gasteiger partial charge in [-0.15, -0.1) is 0 Å². The first kappa shape index (κ1) is 19.3. The van der Waals surface area contributed by atoms with Crippen molar-refractivity contribution in [1.82, 2.24) is 10.6 Å². The highest BCUT2D eigenvalue weighted by Crippen LogP contribution is 2.39. The van der Waals surface area contributed by atoms with Crippen LogP contribution in [0.4, 0.5) is 0 Å². The van der Waals surface area contributed by atoms with Crippen LogP contribution in [0.3, 0.4) is 0 Å². The Morgan fingerprint density at radius 1 is 1.29 bits per heavy atom.